The lowest BCUT2D eigenvalue weighted by atomic mass is 10.2. The van der Waals surface area contributed by atoms with E-state index >= 15 is 0 Å². The fourth-order valence-electron chi connectivity index (χ4n) is 1.29. The van der Waals surface area contributed by atoms with Crippen molar-refractivity contribution in [2.75, 3.05) is 0 Å². The molecular weight excluding hydrogens is 180 g/mol. The van der Waals surface area contributed by atoms with Gasteiger partial charge in [-0.05, 0) is 25.8 Å². The summed E-state index contributed by atoms with van der Waals surface area (Å²) in [6.45, 7) is 5.96. The van der Waals surface area contributed by atoms with E-state index in [1.165, 1.54) is 0 Å². The summed E-state index contributed by atoms with van der Waals surface area (Å²) in [5.74, 6) is -0.905. The van der Waals surface area contributed by atoms with E-state index in [0.717, 1.165) is 18.5 Å². The smallest absolute Gasteiger partial charge is 0.354 e. The van der Waals surface area contributed by atoms with Crippen LogP contribution in [0, 0.1) is 0 Å². The molecule has 0 aliphatic rings. The van der Waals surface area contributed by atoms with E-state index < -0.39 is 5.97 Å². The Labute approximate surface area is 83.5 Å². The molecule has 1 aromatic rings. The maximum absolute atomic E-state index is 10.9. The van der Waals surface area contributed by atoms with Gasteiger partial charge < -0.3 is 5.11 Å². The van der Waals surface area contributed by atoms with Crippen LogP contribution in [0.2, 0.25) is 0 Å². The van der Waals surface area contributed by atoms with Crippen molar-refractivity contribution in [1.82, 2.24) is 9.78 Å². The lowest BCUT2D eigenvalue weighted by Crippen LogP contribution is -2.13. The zero-order valence-electron chi connectivity index (χ0n) is 8.82. The van der Waals surface area contributed by atoms with Crippen molar-refractivity contribution in [3.8, 4) is 0 Å². The van der Waals surface area contributed by atoms with Crippen LogP contribution in [0.3, 0.4) is 0 Å². The van der Waals surface area contributed by atoms with Gasteiger partial charge in [-0.1, -0.05) is 13.8 Å². The summed E-state index contributed by atoms with van der Waals surface area (Å²) < 4.78 is 1.60. The van der Waals surface area contributed by atoms with E-state index in [4.69, 9.17) is 5.11 Å². The Bertz CT molecular complexity index is 331. The topological polar surface area (TPSA) is 55.1 Å². The third-order valence-electron chi connectivity index (χ3n) is 2.38. The Morgan fingerprint density at radius 1 is 1.64 bits per heavy atom. The number of carboxylic acid groups (broad SMARTS) is 1. The first-order chi connectivity index (χ1) is 6.60. The zero-order chi connectivity index (χ0) is 10.7. The molecule has 1 atom stereocenters. The highest BCUT2D eigenvalue weighted by molar-refractivity contribution is 5.85. The number of hydrogen-bond donors (Lipinski definition) is 1. The quantitative estimate of drug-likeness (QED) is 0.802. The first-order valence-corrected chi connectivity index (χ1v) is 4.91. The van der Waals surface area contributed by atoms with Crippen LogP contribution in [0.5, 0.6) is 0 Å². The minimum absolute atomic E-state index is 0.140. The van der Waals surface area contributed by atoms with E-state index in [1.807, 2.05) is 20.8 Å². The van der Waals surface area contributed by atoms with E-state index in [0.29, 0.717) is 0 Å². The number of carboxylic acids is 1. The Morgan fingerprint density at radius 3 is 2.71 bits per heavy atom. The number of aromatic nitrogens is 2. The lowest BCUT2D eigenvalue weighted by Gasteiger charge is -2.10. The molecule has 1 heterocycles. The van der Waals surface area contributed by atoms with Gasteiger partial charge in [0.15, 0.2) is 0 Å². The largest absolute Gasteiger partial charge is 0.477 e. The maximum atomic E-state index is 10.9. The molecule has 1 unspecified atom stereocenters. The molecule has 1 rings (SSSR count). The van der Waals surface area contributed by atoms with Crippen LogP contribution in [-0.2, 0) is 6.42 Å². The highest BCUT2D eigenvalue weighted by Crippen LogP contribution is 2.14. The van der Waals surface area contributed by atoms with E-state index in [9.17, 15) is 4.79 Å². The summed E-state index contributed by atoms with van der Waals surface area (Å²) in [7, 11) is 0. The number of carbonyl (C=O) groups is 1. The molecule has 0 aromatic carbocycles. The Balaban J connectivity index is 3.12. The molecule has 0 spiro atoms. The predicted octanol–water partition coefficient (Wildman–Crippen LogP) is 2.11. The highest BCUT2D eigenvalue weighted by Gasteiger charge is 2.16. The SMILES string of the molecule is CCc1cc(C(=O)O)n(C(C)CC)n1. The summed E-state index contributed by atoms with van der Waals surface area (Å²) in [6, 6.07) is 1.79. The number of aromatic carboxylic acids is 1. The minimum atomic E-state index is -0.905. The van der Waals surface area contributed by atoms with Gasteiger partial charge in [-0.25, -0.2) is 4.79 Å². The first-order valence-electron chi connectivity index (χ1n) is 4.91. The molecule has 0 aliphatic heterocycles. The molecule has 78 valence electrons. The van der Waals surface area contributed by atoms with Crippen molar-refractivity contribution in [2.24, 2.45) is 0 Å². The average molecular weight is 196 g/mol. The Morgan fingerprint density at radius 2 is 2.29 bits per heavy atom. The van der Waals surface area contributed by atoms with Crippen molar-refractivity contribution < 1.29 is 9.90 Å². The summed E-state index contributed by atoms with van der Waals surface area (Å²) >= 11 is 0. The standard InChI is InChI=1S/C10H16N2O2/c1-4-7(3)12-9(10(13)14)6-8(5-2)11-12/h6-7H,4-5H2,1-3H3,(H,13,14). The summed E-state index contributed by atoms with van der Waals surface area (Å²) in [4.78, 5) is 10.9. The predicted molar refractivity (Wildman–Crippen MR) is 53.6 cm³/mol. The van der Waals surface area contributed by atoms with Gasteiger partial charge in [0.1, 0.15) is 5.69 Å². The van der Waals surface area contributed by atoms with Crippen molar-refractivity contribution >= 4 is 5.97 Å². The molecule has 0 saturated heterocycles. The first kappa shape index (κ1) is 10.8. The van der Waals surface area contributed by atoms with Crippen LogP contribution in [0.25, 0.3) is 0 Å². The summed E-state index contributed by atoms with van der Waals surface area (Å²) in [6.07, 6.45) is 1.65. The lowest BCUT2D eigenvalue weighted by molar-refractivity contribution is 0.0680. The minimum Gasteiger partial charge on any atom is -0.477 e. The van der Waals surface area contributed by atoms with Gasteiger partial charge in [0.2, 0.25) is 0 Å². The van der Waals surface area contributed by atoms with Gasteiger partial charge in [-0.15, -0.1) is 0 Å². The Hall–Kier alpha value is -1.32. The molecule has 4 nitrogen and oxygen atoms in total. The van der Waals surface area contributed by atoms with E-state index in [-0.39, 0.29) is 11.7 Å². The molecule has 14 heavy (non-hydrogen) atoms. The molecule has 0 saturated carbocycles. The molecule has 0 bridgehead atoms. The fraction of sp³-hybridized carbons (Fsp3) is 0.600. The van der Waals surface area contributed by atoms with Crippen molar-refractivity contribution in [3.05, 3.63) is 17.5 Å². The van der Waals surface area contributed by atoms with E-state index in [1.54, 1.807) is 10.7 Å². The van der Waals surface area contributed by atoms with Gasteiger partial charge in [0.05, 0.1) is 5.69 Å². The molecule has 0 fully saturated rings. The second kappa shape index (κ2) is 4.26. The van der Waals surface area contributed by atoms with Crippen LogP contribution < -0.4 is 0 Å². The summed E-state index contributed by atoms with van der Waals surface area (Å²) in [5, 5.41) is 13.2. The second-order valence-electron chi connectivity index (χ2n) is 3.38. The molecule has 4 heteroatoms. The van der Waals surface area contributed by atoms with Gasteiger partial charge in [0.25, 0.3) is 0 Å². The monoisotopic (exact) mass is 196 g/mol. The average Bonchev–Trinajstić information content (AvgIpc) is 2.60. The molecule has 1 N–H and O–H groups in total. The van der Waals surface area contributed by atoms with Gasteiger partial charge in [0, 0.05) is 6.04 Å². The Kier molecular flexibility index (Phi) is 3.28. The van der Waals surface area contributed by atoms with Crippen molar-refractivity contribution in [1.29, 1.82) is 0 Å². The van der Waals surface area contributed by atoms with Crippen molar-refractivity contribution in [3.63, 3.8) is 0 Å². The van der Waals surface area contributed by atoms with Crippen LogP contribution in [0.15, 0.2) is 6.07 Å². The van der Waals surface area contributed by atoms with Gasteiger partial charge in [-0.2, -0.15) is 5.10 Å². The van der Waals surface area contributed by atoms with Crippen LogP contribution in [-0.4, -0.2) is 20.9 Å². The molecule has 0 amide bonds. The number of rotatable bonds is 4. The third-order valence-corrected chi connectivity index (χ3v) is 2.38. The molecule has 0 aliphatic carbocycles. The zero-order valence-corrected chi connectivity index (χ0v) is 8.82. The second-order valence-corrected chi connectivity index (χ2v) is 3.38. The number of hydrogen-bond acceptors (Lipinski definition) is 2. The van der Waals surface area contributed by atoms with Crippen molar-refractivity contribution in [2.45, 2.75) is 39.7 Å². The highest BCUT2D eigenvalue weighted by atomic mass is 16.4. The van der Waals surface area contributed by atoms with Gasteiger partial charge >= 0.3 is 5.97 Å². The normalized spacial score (nSPS) is 12.8. The molecular formula is C10H16N2O2. The molecule has 1 aromatic heterocycles. The van der Waals surface area contributed by atoms with Crippen LogP contribution in [0.1, 0.15) is 49.4 Å². The van der Waals surface area contributed by atoms with E-state index in [2.05, 4.69) is 5.10 Å². The summed E-state index contributed by atoms with van der Waals surface area (Å²) in [5.41, 5.74) is 1.12. The molecule has 0 radical (unpaired) electrons. The van der Waals surface area contributed by atoms with Crippen LogP contribution >= 0.6 is 0 Å². The fourth-order valence-corrected chi connectivity index (χ4v) is 1.29. The van der Waals surface area contributed by atoms with Gasteiger partial charge in [-0.3, -0.25) is 4.68 Å². The maximum Gasteiger partial charge on any atom is 0.354 e. The number of aryl methyl sites for hydroxylation is 1. The van der Waals surface area contributed by atoms with Crippen LogP contribution in [0.4, 0.5) is 0 Å². The third kappa shape index (κ3) is 1.95. The number of nitrogens with zero attached hydrogens (tertiary/aromatic N) is 2.